The Labute approximate surface area is 136 Å². The molecule has 1 heterocycles. The summed E-state index contributed by atoms with van der Waals surface area (Å²) in [4.78, 5) is 25.4. The van der Waals surface area contributed by atoms with E-state index in [1.165, 1.54) is 5.56 Å². The molecule has 0 aliphatic rings. The summed E-state index contributed by atoms with van der Waals surface area (Å²) in [7, 11) is 5.84. The number of rotatable bonds is 8. The highest BCUT2D eigenvalue weighted by molar-refractivity contribution is 5.73. The van der Waals surface area contributed by atoms with E-state index in [9.17, 15) is 9.59 Å². The van der Waals surface area contributed by atoms with Crippen LogP contribution in [0.4, 0.5) is 11.4 Å². The fourth-order valence-electron chi connectivity index (χ4n) is 2.63. The quantitative estimate of drug-likeness (QED) is 0.680. The normalized spacial score (nSPS) is 11.4. The highest BCUT2D eigenvalue weighted by Crippen LogP contribution is 2.16. The molecule has 0 saturated heterocycles. The molecule has 1 aromatic carbocycles. The molecule has 7 heteroatoms. The number of anilines is 2. The second-order valence-electron chi connectivity index (χ2n) is 6.09. The Hall–Kier alpha value is -2.15. The van der Waals surface area contributed by atoms with Gasteiger partial charge in [-0.05, 0) is 39.9 Å². The zero-order chi connectivity index (χ0) is 17.1. The third-order valence-corrected chi connectivity index (χ3v) is 4.11. The SMILES string of the molecule is Cc1nn(C)c(C)c1CCNc1c(NCCN(C)C)c(=O)c1=O. The van der Waals surface area contributed by atoms with Crippen LogP contribution < -0.4 is 21.5 Å². The predicted molar refractivity (Wildman–Crippen MR) is 93.3 cm³/mol. The second kappa shape index (κ2) is 6.95. The predicted octanol–water partition coefficient (Wildman–Crippen LogP) is 0.261. The van der Waals surface area contributed by atoms with Gasteiger partial charge in [0.2, 0.25) is 0 Å². The van der Waals surface area contributed by atoms with E-state index in [2.05, 4.69) is 15.7 Å². The Bertz CT molecular complexity index is 753. The summed E-state index contributed by atoms with van der Waals surface area (Å²) in [6.07, 6.45) is 0.765. The molecule has 0 radical (unpaired) electrons. The van der Waals surface area contributed by atoms with Crippen molar-refractivity contribution < 1.29 is 0 Å². The first-order valence-corrected chi connectivity index (χ1v) is 7.77. The van der Waals surface area contributed by atoms with Gasteiger partial charge >= 0.3 is 0 Å². The minimum Gasteiger partial charge on any atom is -0.380 e. The Balaban J connectivity index is 1.95. The molecular formula is C16H25N5O2. The number of hydrogen-bond donors (Lipinski definition) is 2. The molecule has 23 heavy (non-hydrogen) atoms. The van der Waals surface area contributed by atoms with Gasteiger partial charge in [-0.2, -0.15) is 5.10 Å². The van der Waals surface area contributed by atoms with E-state index in [1.807, 2.05) is 44.6 Å². The van der Waals surface area contributed by atoms with Crippen LogP contribution in [0.3, 0.4) is 0 Å². The van der Waals surface area contributed by atoms with Gasteiger partial charge in [0.05, 0.1) is 5.69 Å². The molecule has 2 aromatic rings. The van der Waals surface area contributed by atoms with Gasteiger partial charge in [-0.3, -0.25) is 14.3 Å². The standard InChI is InChI=1S/C16H25N5O2/c1-10-12(11(2)21(5)19-10)6-7-17-13-14(16(23)15(13)22)18-8-9-20(3)4/h17-18H,6-9H2,1-5H3. The molecule has 0 atom stereocenters. The summed E-state index contributed by atoms with van der Waals surface area (Å²) in [5.41, 5.74) is 3.27. The van der Waals surface area contributed by atoms with Crippen LogP contribution in [0, 0.1) is 13.8 Å². The van der Waals surface area contributed by atoms with E-state index < -0.39 is 10.9 Å². The van der Waals surface area contributed by atoms with Crippen LogP contribution >= 0.6 is 0 Å². The first-order valence-electron chi connectivity index (χ1n) is 7.77. The van der Waals surface area contributed by atoms with Crippen molar-refractivity contribution >= 4 is 11.4 Å². The van der Waals surface area contributed by atoms with Crippen molar-refractivity contribution in [2.24, 2.45) is 7.05 Å². The molecule has 7 nitrogen and oxygen atoms in total. The van der Waals surface area contributed by atoms with E-state index in [-0.39, 0.29) is 0 Å². The van der Waals surface area contributed by atoms with Crippen molar-refractivity contribution in [1.29, 1.82) is 0 Å². The molecule has 0 fully saturated rings. The molecule has 1 aromatic heterocycles. The van der Waals surface area contributed by atoms with Crippen LogP contribution in [-0.4, -0.2) is 48.4 Å². The Kier molecular flexibility index (Phi) is 5.20. The van der Waals surface area contributed by atoms with Crippen molar-refractivity contribution in [2.45, 2.75) is 20.3 Å². The number of hydrogen-bond acceptors (Lipinski definition) is 6. The Morgan fingerprint density at radius 2 is 1.61 bits per heavy atom. The fourth-order valence-corrected chi connectivity index (χ4v) is 2.63. The van der Waals surface area contributed by atoms with E-state index in [4.69, 9.17) is 0 Å². The van der Waals surface area contributed by atoms with Gasteiger partial charge in [0.25, 0.3) is 10.9 Å². The summed E-state index contributed by atoms with van der Waals surface area (Å²) in [5, 5.41) is 10.5. The zero-order valence-electron chi connectivity index (χ0n) is 14.5. The van der Waals surface area contributed by atoms with Gasteiger partial charge in [0, 0.05) is 32.4 Å². The summed E-state index contributed by atoms with van der Waals surface area (Å²) in [6.45, 7) is 6.04. The number of likely N-dealkylation sites (N-methyl/N-ethyl adjacent to an activating group) is 1. The molecule has 0 bridgehead atoms. The Morgan fingerprint density at radius 1 is 1.04 bits per heavy atom. The lowest BCUT2D eigenvalue weighted by Gasteiger charge is -2.16. The summed E-state index contributed by atoms with van der Waals surface area (Å²) < 4.78 is 1.86. The number of aromatic nitrogens is 2. The molecule has 0 aliphatic carbocycles. The summed E-state index contributed by atoms with van der Waals surface area (Å²) in [5.74, 6) is 0. The molecule has 0 spiro atoms. The van der Waals surface area contributed by atoms with Crippen molar-refractivity contribution in [2.75, 3.05) is 44.4 Å². The Morgan fingerprint density at radius 3 is 2.09 bits per heavy atom. The first-order chi connectivity index (χ1) is 10.8. The van der Waals surface area contributed by atoms with E-state index in [0.29, 0.717) is 24.5 Å². The lowest BCUT2D eigenvalue weighted by atomic mass is 10.1. The molecule has 0 unspecified atom stereocenters. The summed E-state index contributed by atoms with van der Waals surface area (Å²) in [6, 6.07) is 0. The molecule has 126 valence electrons. The monoisotopic (exact) mass is 319 g/mol. The number of nitrogens with one attached hydrogen (secondary N) is 2. The van der Waals surface area contributed by atoms with Gasteiger partial charge in [-0.1, -0.05) is 0 Å². The average molecular weight is 319 g/mol. The van der Waals surface area contributed by atoms with Crippen LogP contribution in [0.1, 0.15) is 17.0 Å². The molecular weight excluding hydrogens is 294 g/mol. The topological polar surface area (TPSA) is 79.3 Å². The minimum absolute atomic E-state index is 0.410. The third kappa shape index (κ3) is 3.61. The van der Waals surface area contributed by atoms with Crippen LogP contribution in [0.15, 0.2) is 9.59 Å². The summed E-state index contributed by atoms with van der Waals surface area (Å²) >= 11 is 0. The molecule has 2 rings (SSSR count). The fraction of sp³-hybridized carbons (Fsp3) is 0.562. The lowest BCUT2D eigenvalue weighted by Crippen LogP contribution is -2.38. The molecule has 0 saturated carbocycles. The number of nitrogens with zero attached hydrogens (tertiary/aromatic N) is 3. The smallest absolute Gasteiger partial charge is 0.253 e. The third-order valence-electron chi connectivity index (χ3n) is 4.11. The number of aryl methyl sites for hydroxylation is 2. The van der Waals surface area contributed by atoms with Crippen molar-refractivity contribution in [1.82, 2.24) is 14.7 Å². The van der Waals surface area contributed by atoms with Gasteiger partial charge in [0.15, 0.2) is 0 Å². The van der Waals surface area contributed by atoms with Crippen molar-refractivity contribution in [3.63, 3.8) is 0 Å². The largest absolute Gasteiger partial charge is 0.380 e. The minimum atomic E-state index is -0.433. The average Bonchev–Trinajstić information content (AvgIpc) is 2.74. The van der Waals surface area contributed by atoms with Gasteiger partial charge in [-0.15, -0.1) is 0 Å². The molecule has 2 N–H and O–H groups in total. The zero-order valence-corrected chi connectivity index (χ0v) is 14.5. The van der Waals surface area contributed by atoms with E-state index >= 15 is 0 Å². The molecule has 0 amide bonds. The second-order valence-corrected chi connectivity index (χ2v) is 6.09. The van der Waals surface area contributed by atoms with Gasteiger partial charge in [-0.25, -0.2) is 0 Å². The lowest BCUT2D eigenvalue weighted by molar-refractivity contribution is 0.425. The molecule has 0 aliphatic heterocycles. The van der Waals surface area contributed by atoms with Crippen molar-refractivity contribution in [3.8, 4) is 0 Å². The van der Waals surface area contributed by atoms with Crippen LogP contribution in [0.25, 0.3) is 0 Å². The maximum Gasteiger partial charge on any atom is 0.253 e. The van der Waals surface area contributed by atoms with E-state index in [1.54, 1.807) is 0 Å². The maximum absolute atomic E-state index is 11.7. The highest BCUT2D eigenvalue weighted by atomic mass is 16.2. The highest BCUT2D eigenvalue weighted by Gasteiger charge is 2.20. The van der Waals surface area contributed by atoms with Crippen LogP contribution in [0.2, 0.25) is 0 Å². The van der Waals surface area contributed by atoms with Gasteiger partial charge < -0.3 is 15.5 Å². The maximum atomic E-state index is 11.7. The van der Waals surface area contributed by atoms with Crippen molar-refractivity contribution in [3.05, 3.63) is 37.4 Å². The van der Waals surface area contributed by atoms with E-state index in [0.717, 1.165) is 24.4 Å². The van der Waals surface area contributed by atoms with Crippen LogP contribution in [-0.2, 0) is 13.5 Å². The van der Waals surface area contributed by atoms with Crippen LogP contribution in [0.5, 0.6) is 0 Å². The van der Waals surface area contributed by atoms with Gasteiger partial charge in [0.1, 0.15) is 11.4 Å². The first kappa shape index (κ1) is 17.2.